The molecule has 6 nitrogen and oxygen atoms in total. The van der Waals surface area contributed by atoms with Gasteiger partial charge in [0.2, 0.25) is 0 Å². The van der Waals surface area contributed by atoms with Crippen molar-refractivity contribution in [2.75, 3.05) is 0 Å². The molecule has 0 radical (unpaired) electrons. The third-order valence-electron chi connectivity index (χ3n) is 3.98. The van der Waals surface area contributed by atoms with Gasteiger partial charge in [0, 0.05) is 12.4 Å². The summed E-state index contributed by atoms with van der Waals surface area (Å²) in [5.74, 6) is -0.876. The highest BCUT2D eigenvalue weighted by Gasteiger charge is 2.37. The SMILES string of the molecule is CC(NC(=O)NC1(CC(=O)O)CCCC1)c1ccncc1. The van der Waals surface area contributed by atoms with Gasteiger partial charge in [0.25, 0.3) is 0 Å². The van der Waals surface area contributed by atoms with Gasteiger partial charge in [0.15, 0.2) is 0 Å². The van der Waals surface area contributed by atoms with Crippen LogP contribution in [0.5, 0.6) is 0 Å². The van der Waals surface area contributed by atoms with Gasteiger partial charge in [0.05, 0.1) is 18.0 Å². The molecule has 0 aromatic carbocycles. The number of nitrogens with zero attached hydrogens (tertiary/aromatic N) is 1. The van der Waals surface area contributed by atoms with Crippen molar-refractivity contribution in [2.45, 2.75) is 50.6 Å². The Labute approximate surface area is 124 Å². The van der Waals surface area contributed by atoms with E-state index in [1.165, 1.54) is 0 Å². The van der Waals surface area contributed by atoms with Gasteiger partial charge < -0.3 is 15.7 Å². The fourth-order valence-corrected chi connectivity index (χ4v) is 2.90. The second kappa shape index (κ2) is 6.56. The molecule has 1 atom stereocenters. The van der Waals surface area contributed by atoms with Crippen LogP contribution in [0.2, 0.25) is 0 Å². The van der Waals surface area contributed by atoms with Crippen LogP contribution in [0.3, 0.4) is 0 Å². The van der Waals surface area contributed by atoms with Crippen molar-refractivity contribution in [1.82, 2.24) is 15.6 Å². The number of rotatable bonds is 5. The summed E-state index contributed by atoms with van der Waals surface area (Å²) in [4.78, 5) is 27.1. The lowest BCUT2D eigenvalue weighted by atomic mass is 9.93. The van der Waals surface area contributed by atoms with Crippen molar-refractivity contribution >= 4 is 12.0 Å². The Hall–Kier alpha value is -2.11. The number of amides is 2. The molecule has 2 amide bonds. The van der Waals surface area contributed by atoms with Crippen LogP contribution in [0.15, 0.2) is 24.5 Å². The summed E-state index contributed by atoms with van der Waals surface area (Å²) in [6.07, 6.45) is 6.67. The molecule has 6 heteroatoms. The first-order valence-corrected chi connectivity index (χ1v) is 7.21. The van der Waals surface area contributed by atoms with Crippen LogP contribution in [-0.2, 0) is 4.79 Å². The quantitative estimate of drug-likeness (QED) is 0.775. The number of urea groups is 1. The van der Waals surface area contributed by atoms with Gasteiger partial charge in [0.1, 0.15) is 0 Å². The molecule has 1 unspecified atom stereocenters. The summed E-state index contributed by atoms with van der Waals surface area (Å²) in [6.45, 7) is 1.88. The minimum Gasteiger partial charge on any atom is -0.481 e. The van der Waals surface area contributed by atoms with Crippen LogP contribution in [0.4, 0.5) is 4.79 Å². The lowest BCUT2D eigenvalue weighted by Gasteiger charge is -2.29. The first-order chi connectivity index (χ1) is 10.0. The molecule has 0 bridgehead atoms. The maximum atomic E-state index is 12.1. The number of carbonyl (C=O) groups is 2. The summed E-state index contributed by atoms with van der Waals surface area (Å²) in [5, 5.41) is 14.8. The van der Waals surface area contributed by atoms with Crippen molar-refractivity contribution in [2.24, 2.45) is 0 Å². The summed E-state index contributed by atoms with van der Waals surface area (Å²) in [6, 6.07) is 3.21. The standard InChI is InChI=1S/C15H21N3O3/c1-11(12-4-8-16-9-5-12)17-14(21)18-15(10-13(19)20)6-2-3-7-15/h4-5,8-9,11H,2-3,6-7,10H2,1H3,(H,19,20)(H2,17,18,21). The van der Waals surface area contributed by atoms with E-state index in [1.54, 1.807) is 12.4 Å². The van der Waals surface area contributed by atoms with E-state index in [9.17, 15) is 9.59 Å². The number of aromatic nitrogens is 1. The first kappa shape index (κ1) is 15.3. The predicted octanol–water partition coefficient (Wildman–Crippen LogP) is 2.23. The summed E-state index contributed by atoms with van der Waals surface area (Å²) in [5.41, 5.74) is 0.354. The Morgan fingerprint density at radius 1 is 1.33 bits per heavy atom. The number of nitrogens with one attached hydrogen (secondary N) is 2. The molecule has 21 heavy (non-hydrogen) atoms. The van der Waals surface area contributed by atoms with Crippen LogP contribution >= 0.6 is 0 Å². The highest BCUT2D eigenvalue weighted by atomic mass is 16.4. The van der Waals surface area contributed by atoms with E-state index < -0.39 is 11.5 Å². The van der Waals surface area contributed by atoms with Gasteiger partial charge in [-0.25, -0.2) is 4.79 Å². The van der Waals surface area contributed by atoms with Crippen molar-refractivity contribution in [1.29, 1.82) is 0 Å². The van der Waals surface area contributed by atoms with E-state index in [0.29, 0.717) is 0 Å². The van der Waals surface area contributed by atoms with Gasteiger partial charge in [-0.15, -0.1) is 0 Å². The zero-order valence-electron chi connectivity index (χ0n) is 12.1. The molecule has 2 rings (SSSR count). The highest BCUT2D eigenvalue weighted by molar-refractivity contribution is 5.77. The molecule has 3 N–H and O–H groups in total. The Balaban J connectivity index is 1.95. The Morgan fingerprint density at radius 3 is 2.52 bits per heavy atom. The molecule has 0 aliphatic heterocycles. The second-order valence-corrected chi connectivity index (χ2v) is 5.66. The maximum Gasteiger partial charge on any atom is 0.315 e. The van der Waals surface area contributed by atoms with Crippen LogP contribution in [-0.4, -0.2) is 27.6 Å². The number of pyridine rings is 1. The highest BCUT2D eigenvalue weighted by Crippen LogP contribution is 2.32. The van der Waals surface area contributed by atoms with Crippen molar-refractivity contribution in [3.05, 3.63) is 30.1 Å². The van der Waals surface area contributed by atoms with Gasteiger partial charge in [-0.2, -0.15) is 0 Å². The Bertz CT molecular complexity index is 498. The van der Waals surface area contributed by atoms with Crippen LogP contribution in [0, 0.1) is 0 Å². The van der Waals surface area contributed by atoms with Crippen molar-refractivity contribution in [3.8, 4) is 0 Å². The van der Waals surface area contributed by atoms with E-state index in [2.05, 4.69) is 15.6 Å². The fraction of sp³-hybridized carbons (Fsp3) is 0.533. The molecule has 1 aliphatic carbocycles. The number of hydrogen-bond acceptors (Lipinski definition) is 3. The average Bonchev–Trinajstić information content (AvgIpc) is 2.86. The smallest absolute Gasteiger partial charge is 0.315 e. The van der Waals surface area contributed by atoms with Crippen LogP contribution < -0.4 is 10.6 Å². The molecule has 1 heterocycles. The molecular weight excluding hydrogens is 270 g/mol. The summed E-state index contributed by atoms with van der Waals surface area (Å²) in [7, 11) is 0. The maximum absolute atomic E-state index is 12.1. The van der Waals surface area contributed by atoms with Gasteiger partial charge in [-0.3, -0.25) is 9.78 Å². The molecular formula is C15H21N3O3. The predicted molar refractivity (Wildman–Crippen MR) is 77.8 cm³/mol. The zero-order chi connectivity index (χ0) is 15.3. The molecule has 1 aliphatic rings. The Morgan fingerprint density at radius 2 is 1.95 bits per heavy atom. The van der Waals surface area contributed by atoms with Crippen molar-refractivity contribution < 1.29 is 14.7 Å². The van der Waals surface area contributed by atoms with E-state index in [4.69, 9.17) is 5.11 Å². The van der Waals surface area contributed by atoms with E-state index in [-0.39, 0.29) is 18.5 Å². The fourth-order valence-electron chi connectivity index (χ4n) is 2.90. The molecule has 1 fully saturated rings. The number of carboxylic acids is 1. The lowest BCUT2D eigenvalue weighted by Crippen LogP contribution is -2.52. The number of hydrogen-bond donors (Lipinski definition) is 3. The molecule has 1 saturated carbocycles. The molecule has 0 spiro atoms. The molecule has 114 valence electrons. The van der Waals surface area contributed by atoms with E-state index in [1.807, 2.05) is 19.1 Å². The summed E-state index contributed by atoms with van der Waals surface area (Å²) >= 11 is 0. The van der Waals surface area contributed by atoms with Gasteiger partial charge in [-0.05, 0) is 37.5 Å². The molecule has 1 aromatic rings. The Kier molecular flexibility index (Phi) is 4.77. The topological polar surface area (TPSA) is 91.3 Å². The largest absolute Gasteiger partial charge is 0.481 e. The zero-order valence-corrected chi connectivity index (χ0v) is 12.1. The molecule has 0 saturated heterocycles. The minimum atomic E-state index is -0.876. The van der Waals surface area contributed by atoms with Crippen LogP contribution in [0.1, 0.15) is 50.6 Å². The summed E-state index contributed by atoms with van der Waals surface area (Å²) < 4.78 is 0. The average molecular weight is 291 g/mol. The lowest BCUT2D eigenvalue weighted by molar-refractivity contribution is -0.138. The second-order valence-electron chi connectivity index (χ2n) is 5.66. The van der Waals surface area contributed by atoms with Gasteiger partial charge >= 0.3 is 12.0 Å². The number of aliphatic carboxylic acids is 1. The van der Waals surface area contributed by atoms with Gasteiger partial charge in [-0.1, -0.05) is 12.8 Å². The number of carboxylic acid groups (broad SMARTS) is 1. The third kappa shape index (κ3) is 4.18. The minimum absolute atomic E-state index is 0.0238. The van der Waals surface area contributed by atoms with E-state index >= 15 is 0 Å². The van der Waals surface area contributed by atoms with Crippen molar-refractivity contribution in [3.63, 3.8) is 0 Å². The van der Waals surface area contributed by atoms with E-state index in [0.717, 1.165) is 31.2 Å². The monoisotopic (exact) mass is 291 g/mol. The normalized spacial score (nSPS) is 18.0. The number of carbonyl (C=O) groups excluding carboxylic acids is 1. The first-order valence-electron chi connectivity index (χ1n) is 7.21. The van der Waals surface area contributed by atoms with Crippen LogP contribution in [0.25, 0.3) is 0 Å². The third-order valence-corrected chi connectivity index (χ3v) is 3.98. The molecule has 1 aromatic heterocycles.